The van der Waals surface area contributed by atoms with E-state index in [-0.39, 0.29) is 17.4 Å². The zero-order valence-corrected chi connectivity index (χ0v) is 23.7. The van der Waals surface area contributed by atoms with Crippen LogP contribution in [0.15, 0.2) is 70.0 Å². The van der Waals surface area contributed by atoms with Crippen molar-refractivity contribution in [3.05, 3.63) is 77.6 Å². The van der Waals surface area contributed by atoms with E-state index in [1.807, 2.05) is 31.2 Å². The molecule has 10 heteroatoms. The van der Waals surface area contributed by atoms with E-state index >= 15 is 0 Å². The first kappa shape index (κ1) is 28.7. The Hall–Kier alpha value is -4.33. The molecule has 0 spiro atoms. The van der Waals surface area contributed by atoms with Gasteiger partial charge in [-0.2, -0.15) is 9.98 Å². The zero-order valence-electron chi connectivity index (χ0n) is 22.8. The molecule has 4 rings (SSSR count). The maximum Gasteiger partial charge on any atom is 0.324 e. The smallest absolute Gasteiger partial charge is 0.324 e. The molecular formula is C30H30N2O7S. The first-order valence-corrected chi connectivity index (χ1v) is 14.0. The highest BCUT2D eigenvalue weighted by Gasteiger charge is 2.29. The average Bonchev–Trinajstić information content (AvgIpc) is 3.29. The summed E-state index contributed by atoms with van der Waals surface area (Å²) in [4.78, 5) is 12.0. The number of methoxy groups -OCH3 is 2. The van der Waals surface area contributed by atoms with Crippen LogP contribution in [0.1, 0.15) is 30.7 Å². The third-order valence-corrected chi connectivity index (χ3v) is 8.05. The normalized spacial score (nSPS) is 12.2. The molecule has 1 unspecified atom stereocenters. The summed E-state index contributed by atoms with van der Waals surface area (Å²) in [5.74, 6) is 0.816. The molecule has 208 valence electrons. The molecule has 4 aromatic rings. The van der Waals surface area contributed by atoms with Gasteiger partial charge in [0, 0.05) is 5.56 Å². The number of rotatable bonds is 10. The number of furan rings is 1. The molecule has 0 saturated heterocycles. The van der Waals surface area contributed by atoms with Gasteiger partial charge in [0.15, 0.2) is 0 Å². The van der Waals surface area contributed by atoms with Crippen molar-refractivity contribution in [1.82, 2.24) is 4.72 Å². The lowest BCUT2D eigenvalue weighted by molar-refractivity contribution is -0.143. The fraction of sp³-hybridized carbons (Fsp3) is 0.267. The summed E-state index contributed by atoms with van der Waals surface area (Å²) >= 11 is 0. The van der Waals surface area contributed by atoms with Crippen molar-refractivity contribution < 1.29 is 31.8 Å². The molecule has 1 atom stereocenters. The third-order valence-electron chi connectivity index (χ3n) is 6.60. The van der Waals surface area contributed by atoms with Gasteiger partial charge in [-0.05, 0) is 60.4 Å². The maximum absolute atomic E-state index is 12.8. The molecule has 3 aromatic carbocycles. The quantitative estimate of drug-likeness (QED) is 0.257. The number of benzene rings is 3. The van der Waals surface area contributed by atoms with Gasteiger partial charge in [0.2, 0.25) is 10.0 Å². The summed E-state index contributed by atoms with van der Waals surface area (Å²) in [6, 6.07) is 18.3. The van der Waals surface area contributed by atoms with E-state index < -0.39 is 22.0 Å². The van der Waals surface area contributed by atoms with E-state index in [9.17, 15) is 18.5 Å². The molecule has 0 saturated carbocycles. The number of nitrogens with one attached hydrogen (secondary N) is 1. The molecule has 0 aliphatic rings. The van der Waals surface area contributed by atoms with Gasteiger partial charge in [0.25, 0.3) is 0 Å². The standard InChI is InChI=1S/C30H30N2O7S/c1-18(2)28(30(33)37-5)32-40(34,35)24-13-8-21(9-14-24)20-6-11-23(12-7-20)38-17-26-19(3)27-25(39-26)15-10-22(16-31)29(27)36-4/h6-15,18,28,32H,17H2,1-5H3. The highest BCUT2D eigenvalue weighted by Crippen LogP contribution is 2.36. The number of nitrogens with zero attached hydrogens (tertiary/aromatic N) is 1. The van der Waals surface area contributed by atoms with Gasteiger partial charge in [0.05, 0.1) is 30.1 Å². The Balaban J connectivity index is 1.46. The zero-order chi connectivity index (χ0) is 29.0. The summed E-state index contributed by atoms with van der Waals surface area (Å²) in [5, 5.41) is 10.1. The molecular weight excluding hydrogens is 532 g/mol. The minimum absolute atomic E-state index is 0.0467. The monoisotopic (exact) mass is 562 g/mol. The number of carbonyl (C=O) groups excluding carboxylic acids is 1. The van der Waals surface area contributed by atoms with Crippen LogP contribution in [0, 0.1) is 24.2 Å². The highest BCUT2D eigenvalue weighted by molar-refractivity contribution is 7.89. The van der Waals surface area contributed by atoms with Gasteiger partial charge in [-0.3, -0.25) is 4.79 Å². The van der Waals surface area contributed by atoms with Crippen LogP contribution >= 0.6 is 0 Å². The fourth-order valence-electron chi connectivity index (χ4n) is 4.33. The van der Waals surface area contributed by atoms with Crippen molar-refractivity contribution in [3.8, 4) is 28.7 Å². The second-order valence-corrected chi connectivity index (χ2v) is 11.2. The summed E-state index contributed by atoms with van der Waals surface area (Å²) in [6.45, 7) is 5.56. The van der Waals surface area contributed by atoms with Gasteiger partial charge in [-0.15, -0.1) is 0 Å². The van der Waals surface area contributed by atoms with Crippen LogP contribution in [0.4, 0.5) is 0 Å². The minimum Gasteiger partial charge on any atom is -0.495 e. The number of nitriles is 1. The predicted octanol–water partition coefficient (Wildman–Crippen LogP) is 5.34. The van der Waals surface area contributed by atoms with Crippen LogP contribution in [-0.2, 0) is 26.2 Å². The first-order valence-electron chi connectivity index (χ1n) is 12.5. The van der Waals surface area contributed by atoms with Crippen LogP contribution in [-0.4, -0.2) is 34.6 Å². The number of ether oxygens (including phenoxy) is 3. The van der Waals surface area contributed by atoms with E-state index in [0.29, 0.717) is 28.4 Å². The summed E-state index contributed by atoms with van der Waals surface area (Å²) in [5.41, 5.74) is 3.58. The summed E-state index contributed by atoms with van der Waals surface area (Å²) < 4.78 is 50.2. The van der Waals surface area contributed by atoms with E-state index in [4.69, 9.17) is 18.6 Å². The van der Waals surface area contributed by atoms with Crippen molar-refractivity contribution in [2.45, 2.75) is 38.3 Å². The van der Waals surface area contributed by atoms with Gasteiger partial charge in [-0.1, -0.05) is 38.1 Å². The lowest BCUT2D eigenvalue weighted by atomic mass is 10.1. The molecule has 0 aliphatic carbocycles. The van der Waals surface area contributed by atoms with Crippen molar-refractivity contribution >= 4 is 27.0 Å². The van der Waals surface area contributed by atoms with Crippen molar-refractivity contribution in [1.29, 1.82) is 5.26 Å². The largest absolute Gasteiger partial charge is 0.495 e. The number of carbonyl (C=O) groups is 1. The fourth-order valence-corrected chi connectivity index (χ4v) is 5.66. The van der Waals surface area contributed by atoms with E-state index in [1.54, 1.807) is 38.1 Å². The topological polar surface area (TPSA) is 128 Å². The molecule has 9 nitrogen and oxygen atoms in total. The molecule has 1 heterocycles. The number of hydrogen-bond donors (Lipinski definition) is 1. The highest BCUT2D eigenvalue weighted by atomic mass is 32.2. The lowest BCUT2D eigenvalue weighted by Gasteiger charge is -2.19. The molecule has 0 bridgehead atoms. The SMILES string of the molecule is COC(=O)C(NS(=O)(=O)c1ccc(-c2ccc(OCc3oc4ccc(C#N)c(OC)c4c3C)cc2)cc1)C(C)C. The minimum atomic E-state index is -3.92. The Morgan fingerprint density at radius 1 is 1.00 bits per heavy atom. The Morgan fingerprint density at radius 2 is 1.62 bits per heavy atom. The van der Waals surface area contributed by atoms with Crippen molar-refractivity contribution in [2.24, 2.45) is 5.92 Å². The third kappa shape index (κ3) is 5.81. The number of esters is 1. The molecule has 1 aromatic heterocycles. The van der Waals surface area contributed by atoms with Gasteiger partial charge in [0.1, 0.15) is 41.6 Å². The van der Waals surface area contributed by atoms with Gasteiger partial charge < -0.3 is 18.6 Å². The van der Waals surface area contributed by atoms with E-state index in [0.717, 1.165) is 22.1 Å². The molecule has 0 radical (unpaired) electrons. The molecule has 0 amide bonds. The van der Waals surface area contributed by atoms with Crippen LogP contribution in [0.25, 0.3) is 22.1 Å². The lowest BCUT2D eigenvalue weighted by Crippen LogP contribution is -2.44. The summed E-state index contributed by atoms with van der Waals surface area (Å²) in [7, 11) is -1.18. The maximum atomic E-state index is 12.8. The number of sulfonamides is 1. The average molecular weight is 563 g/mol. The Bertz CT molecular complexity index is 1670. The van der Waals surface area contributed by atoms with Crippen LogP contribution in [0.2, 0.25) is 0 Å². The van der Waals surface area contributed by atoms with E-state index in [2.05, 4.69) is 10.8 Å². The van der Waals surface area contributed by atoms with E-state index in [1.165, 1.54) is 26.4 Å². The predicted molar refractivity (Wildman–Crippen MR) is 149 cm³/mol. The number of fused-ring (bicyclic) bond motifs is 1. The second kappa shape index (κ2) is 11.8. The molecule has 0 fully saturated rings. The first-order chi connectivity index (χ1) is 19.1. The number of aryl methyl sites for hydroxylation is 1. The molecule has 40 heavy (non-hydrogen) atoms. The van der Waals surface area contributed by atoms with Gasteiger partial charge >= 0.3 is 5.97 Å². The Labute approximate surface area is 233 Å². The molecule has 0 aliphatic heterocycles. The Kier molecular flexibility index (Phi) is 8.47. The van der Waals surface area contributed by atoms with Crippen LogP contribution in [0.5, 0.6) is 11.5 Å². The van der Waals surface area contributed by atoms with Crippen LogP contribution < -0.4 is 14.2 Å². The van der Waals surface area contributed by atoms with Crippen molar-refractivity contribution in [3.63, 3.8) is 0 Å². The Morgan fingerprint density at radius 3 is 2.17 bits per heavy atom. The number of hydrogen-bond acceptors (Lipinski definition) is 8. The van der Waals surface area contributed by atoms with Crippen molar-refractivity contribution in [2.75, 3.05) is 14.2 Å². The van der Waals surface area contributed by atoms with Crippen LogP contribution in [0.3, 0.4) is 0 Å². The second-order valence-electron chi connectivity index (χ2n) is 9.49. The summed E-state index contributed by atoms with van der Waals surface area (Å²) in [6.07, 6.45) is 0. The molecule has 1 N–H and O–H groups in total. The van der Waals surface area contributed by atoms with Gasteiger partial charge in [-0.25, -0.2) is 8.42 Å².